The number of nitrogen functional groups attached to an aromatic ring is 1. The van der Waals surface area contributed by atoms with Gasteiger partial charge in [-0.1, -0.05) is 41.9 Å². The Kier molecular flexibility index (Phi) is 6.98. The molecule has 2 aromatic carbocycles. The van der Waals surface area contributed by atoms with Crippen molar-refractivity contribution in [3.63, 3.8) is 0 Å². The number of benzene rings is 2. The fourth-order valence-corrected chi connectivity index (χ4v) is 2.75. The predicted molar refractivity (Wildman–Crippen MR) is 103 cm³/mol. The Morgan fingerprint density at radius 3 is 2.58 bits per heavy atom. The van der Waals surface area contributed by atoms with E-state index in [-0.39, 0.29) is 0 Å². The first-order valence-electron chi connectivity index (χ1n) is 7.84. The van der Waals surface area contributed by atoms with Gasteiger partial charge in [-0.25, -0.2) is 0 Å². The van der Waals surface area contributed by atoms with Gasteiger partial charge in [0.05, 0.1) is 10.7 Å². The van der Waals surface area contributed by atoms with E-state index in [4.69, 9.17) is 34.9 Å². The fourth-order valence-electron chi connectivity index (χ4n) is 2.55. The van der Waals surface area contributed by atoms with Crippen molar-refractivity contribution in [1.29, 1.82) is 0 Å². The highest BCUT2D eigenvalue weighted by atomic mass is 35.5. The largest absolute Gasteiger partial charge is 0.398 e. The average Bonchev–Trinajstić information content (AvgIpc) is 2.57. The molecule has 0 atom stereocenters. The van der Waals surface area contributed by atoms with Crippen LogP contribution in [0.4, 0.5) is 5.69 Å². The van der Waals surface area contributed by atoms with Crippen molar-refractivity contribution in [2.75, 3.05) is 18.8 Å². The summed E-state index contributed by atoms with van der Waals surface area (Å²) >= 11 is 6.04. The van der Waals surface area contributed by atoms with Gasteiger partial charge in [0.15, 0.2) is 0 Å². The highest BCUT2D eigenvalue weighted by molar-refractivity contribution is 7.79. The topological polar surface area (TPSA) is 125 Å². The summed E-state index contributed by atoms with van der Waals surface area (Å²) in [7, 11) is -4.67. The Labute approximate surface area is 157 Å². The number of anilines is 1. The molecular weight excluding hydrogens is 378 g/mol. The van der Waals surface area contributed by atoms with E-state index < -0.39 is 10.4 Å². The fraction of sp³-hybridized carbons (Fsp3) is 0.235. The second-order valence-corrected chi connectivity index (χ2v) is 6.92. The number of hydrogen-bond acceptors (Lipinski definition) is 5. The van der Waals surface area contributed by atoms with Gasteiger partial charge in [-0.3, -0.25) is 14.1 Å². The van der Waals surface area contributed by atoms with Gasteiger partial charge in [0.1, 0.15) is 5.84 Å². The third kappa shape index (κ3) is 6.64. The molecule has 0 unspecified atom stereocenters. The number of halogens is 1. The molecule has 5 N–H and O–H groups in total. The van der Waals surface area contributed by atoms with Crippen molar-refractivity contribution in [3.05, 3.63) is 64.2 Å². The normalized spacial score (nSPS) is 13.1. The first-order valence-corrected chi connectivity index (χ1v) is 9.62. The molecule has 0 saturated heterocycles. The standard InChI is InChI=1S/C17H18ClN3.H2O4S/c18-15-11-12(5-6-16(15)19)7-9-20-17-14-4-2-1-3-13(14)8-10-21-17;1-5(2,3)4/h1-6,11H,7-10,19H2,(H,20,21);(H2,1,2,3,4). The van der Waals surface area contributed by atoms with E-state index in [9.17, 15) is 0 Å². The molecular formula is C17H20ClN3O4S. The van der Waals surface area contributed by atoms with Gasteiger partial charge in [0.2, 0.25) is 0 Å². The Bertz CT molecular complexity index is 893. The average molecular weight is 398 g/mol. The van der Waals surface area contributed by atoms with Crippen LogP contribution in [-0.2, 0) is 23.2 Å². The van der Waals surface area contributed by atoms with Gasteiger partial charge >= 0.3 is 10.4 Å². The van der Waals surface area contributed by atoms with Crippen molar-refractivity contribution in [2.24, 2.45) is 4.99 Å². The van der Waals surface area contributed by atoms with E-state index in [1.165, 1.54) is 16.7 Å². The SMILES string of the molecule is Nc1ccc(CCNC2=NCCc3ccccc32)cc1Cl.O=S(=O)(O)O. The molecule has 0 amide bonds. The molecule has 0 bridgehead atoms. The smallest absolute Gasteiger partial charge is 0.394 e. The molecule has 140 valence electrons. The lowest BCUT2D eigenvalue weighted by molar-refractivity contribution is 0.381. The van der Waals surface area contributed by atoms with Crippen LogP contribution in [0.5, 0.6) is 0 Å². The van der Waals surface area contributed by atoms with E-state index in [0.717, 1.165) is 31.8 Å². The molecule has 2 aromatic rings. The molecule has 0 aromatic heterocycles. The lowest BCUT2D eigenvalue weighted by Crippen LogP contribution is -2.30. The van der Waals surface area contributed by atoms with E-state index in [1.54, 1.807) is 0 Å². The minimum absolute atomic E-state index is 0.618. The zero-order valence-corrected chi connectivity index (χ0v) is 15.5. The van der Waals surface area contributed by atoms with Crippen molar-refractivity contribution in [3.8, 4) is 0 Å². The van der Waals surface area contributed by atoms with E-state index in [0.29, 0.717) is 10.7 Å². The van der Waals surface area contributed by atoms with Crippen molar-refractivity contribution in [1.82, 2.24) is 5.32 Å². The van der Waals surface area contributed by atoms with Gasteiger partial charge in [0, 0.05) is 18.7 Å². The summed E-state index contributed by atoms with van der Waals surface area (Å²) in [5, 5.41) is 4.05. The maximum absolute atomic E-state index is 8.74. The number of nitrogens with zero attached hydrogens (tertiary/aromatic N) is 1. The number of hydrogen-bond donors (Lipinski definition) is 4. The Morgan fingerprint density at radius 2 is 1.88 bits per heavy atom. The molecule has 0 radical (unpaired) electrons. The van der Waals surface area contributed by atoms with Gasteiger partial charge < -0.3 is 11.1 Å². The molecule has 0 aliphatic carbocycles. The van der Waals surface area contributed by atoms with Crippen molar-refractivity contribution >= 4 is 33.5 Å². The summed E-state index contributed by atoms with van der Waals surface area (Å²) in [6.45, 7) is 1.68. The zero-order valence-electron chi connectivity index (χ0n) is 13.9. The molecule has 0 saturated carbocycles. The highest BCUT2D eigenvalue weighted by Crippen LogP contribution is 2.20. The Balaban J connectivity index is 0.000000431. The summed E-state index contributed by atoms with van der Waals surface area (Å²) < 4.78 is 31.6. The monoisotopic (exact) mass is 397 g/mol. The number of rotatable bonds is 3. The minimum Gasteiger partial charge on any atom is -0.398 e. The first kappa shape index (κ1) is 20.2. The molecule has 0 fully saturated rings. The van der Waals surface area contributed by atoms with Crippen molar-refractivity contribution in [2.45, 2.75) is 12.8 Å². The van der Waals surface area contributed by atoms with Crippen LogP contribution in [0.1, 0.15) is 16.7 Å². The van der Waals surface area contributed by atoms with E-state index in [1.807, 2.05) is 18.2 Å². The summed E-state index contributed by atoms with van der Waals surface area (Å²) in [5.74, 6) is 0.999. The Morgan fingerprint density at radius 1 is 1.19 bits per heavy atom. The lowest BCUT2D eigenvalue weighted by Gasteiger charge is -2.18. The van der Waals surface area contributed by atoms with Crippen LogP contribution in [-0.4, -0.2) is 36.4 Å². The van der Waals surface area contributed by atoms with Crippen LogP contribution in [0.3, 0.4) is 0 Å². The molecule has 0 spiro atoms. The summed E-state index contributed by atoms with van der Waals surface area (Å²) in [5.41, 5.74) is 10.1. The van der Waals surface area contributed by atoms with Crippen LogP contribution in [0.25, 0.3) is 0 Å². The number of amidine groups is 1. The zero-order chi connectivity index (χ0) is 19.2. The summed E-state index contributed by atoms with van der Waals surface area (Å²) in [6.07, 6.45) is 1.91. The second kappa shape index (κ2) is 9.00. The van der Waals surface area contributed by atoms with Crippen LogP contribution >= 0.6 is 11.6 Å². The molecule has 26 heavy (non-hydrogen) atoms. The summed E-state index contributed by atoms with van der Waals surface area (Å²) in [4.78, 5) is 4.59. The molecule has 3 rings (SSSR count). The highest BCUT2D eigenvalue weighted by Gasteiger charge is 2.12. The molecule has 1 aliphatic rings. The van der Waals surface area contributed by atoms with Crippen molar-refractivity contribution < 1.29 is 17.5 Å². The van der Waals surface area contributed by atoms with Crippen LogP contribution < -0.4 is 11.1 Å². The third-order valence-corrected chi connectivity index (χ3v) is 4.02. The quantitative estimate of drug-likeness (QED) is 0.465. The Hall–Kier alpha value is -2.13. The lowest BCUT2D eigenvalue weighted by atomic mass is 10.0. The predicted octanol–water partition coefficient (Wildman–Crippen LogP) is 2.40. The molecule has 7 nitrogen and oxygen atoms in total. The van der Waals surface area contributed by atoms with Gasteiger partial charge in [-0.15, -0.1) is 0 Å². The third-order valence-electron chi connectivity index (χ3n) is 3.69. The molecule has 9 heteroatoms. The number of nitrogens with one attached hydrogen (secondary N) is 1. The van der Waals surface area contributed by atoms with Gasteiger partial charge in [-0.2, -0.15) is 8.42 Å². The minimum atomic E-state index is -4.67. The molecule has 1 aliphatic heterocycles. The maximum Gasteiger partial charge on any atom is 0.394 e. The van der Waals surface area contributed by atoms with Crippen LogP contribution in [0, 0.1) is 0 Å². The summed E-state index contributed by atoms with van der Waals surface area (Å²) in [6, 6.07) is 14.2. The van der Waals surface area contributed by atoms with Gasteiger partial charge in [-0.05, 0) is 36.1 Å². The van der Waals surface area contributed by atoms with Gasteiger partial charge in [0.25, 0.3) is 0 Å². The number of fused-ring (bicyclic) bond motifs is 1. The second-order valence-electron chi connectivity index (χ2n) is 5.62. The van der Waals surface area contributed by atoms with Crippen LogP contribution in [0.2, 0.25) is 5.02 Å². The number of aliphatic imine (C=N–C) groups is 1. The van der Waals surface area contributed by atoms with E-state index >= 15 is 0 Å². The number of nitrogens with two attached hydrogens (primary N) is 1. The first-order chi connectivity index (χ1) is 12.2. The molecule has 1 heterocycles. The van der Waals surface area contributed by atoms with Crippen LogP contribution in [0.15, 0.2) is 47.5 Å². The maximum atomic E-state index is 8.74. The van der Waals surface area contributed by atoms with E-state index in [2.05, 4.69) is 34.6 Å².